The highest BCUT2D eigenvalue weighted by atomic mass is 32.2. The third kappa shape index (κ3) is 4.04. The number of nitriles is 1. The Hall–Kier alpha value is -3.07. The maximum Gasteiger partial charge on any atom is 0.211 e. The molecular weight excluding hydrogens is 455 g/mol. The minimum Gasteiger partial charge on any atom is -0.367 e. The molecule has 1 aliphatic rings. The fourth-order valence-electron chi connectivity index (χ4n) is 3.76. The number of pyridine rings is 1. The van der Waals surface area contributed by atoms with E-state index in [1.165, 1.54) is 53.0 Å². The van der Waals surface area contributed by atoms with Crippen LogP contribution >= 0.6 is 0 Å². The molecule has 166 valence electrons. The summed E-state index contributed by atoms with van der Waals surface area (Å²) in [6.45, 7) is 0.884. The fraction of sp³-hybridized carbons (Fsp3) is 0.238. The van der Waals surface area contributed by atoms with Crippen molar-refractivity contribution in [3.8, 4) is 6.07 Å². The highest BCUT2D eigenvalue weighted by Gasteiger charge is 2.30. The van der Waals surface area contributed by atoms with Crippen LogP contribution in [0.3, 0.4) is 0 Å². The van der Waals surface area contributed by atoms with Gasteiger partial charge >= 0.3 is 0 Å². The number of nitrogens with zero attached hydrogens (tertiary/aromatic N) is 4. The summed E-state index contributed by atoms with van der Waals surface area (Å²) in [4.78, 5) is 5.81. The van der Waals surface area contributed by atoms with Gasteiger partial charge in [-0.2, -0.15) is 9.57 Å². The van der Waals surface area contributed by atoms with Gasteiger partial charge in [-0.25, -0.2) is 21.2 Å². The Morgan fingerprint density at radius 2 is 1.75 bits per heavy atom. The van der Waals surface area contributed by atoms with Crippen molar-refractivity contribution in [2.75, 3.05) is 37.3 Å². The number of hydrogen-bond donors (Lipinski definition) is 0. The predicted octanol–water partition coefficient (Wildman–Crippen LogP) is 2.16. The van der Waals surface area contributed by atoms with Gasteiger partial charge in [-0.3, -0.25) is 4.98 Å². The van der Waals surface area contributed by atoms with Crippen LogP contribution in [0.5, 0.6) is 0 Å². The summed E-state index contributed by atoms with van der Waals surface area (Å²) in [7, 11) is -7.45. The Morgan fingerprint density at radius 3 is 2.41 bits per heavy atom. The summed E-state index contributed by atoms with van der Waals surface area (Å²) < 4.78 is 66.0. The number of sulfonamides is 1. The normalized spacial score (nSPS) is 15.6. The van der Waals surface area contributed by atoms with Crippen molar-refractivity contribution in [2.45, 2.75) is 9.79 Å². The van der Waals surface area contributed by atoms with Gasteiger partial charge in [0.25, 0.3) is 0 Å². The van der Waals surface area contributed by atoms with Crippen molar-refractivity contribution in [2.24, 2.45) is 0 Å². The quantitative estimate of drug-likeness (QED) is 0.570. The molecule has 4 rings (SSSR count). The van der Waals surface area contributed by atoms with Gasteiger partial charge in [-0.05, 0) is 30.3 Å². The van der Waals surface area contributed by atoms with E-state index in [0.29, 0.717) is 11.1 Å². The summed E-state index contributed by atoms with van der Waals surface area (Å²) >= 11 is 0. The SMILES string of the molecule is CS(=O)(=O)N1CCN(c2c(S(=O)(=O)c3cccc(C#N)c3)cnc3cc(F)ccc23)CC1. The molecule has 1 aromatic heterocycles. The van der Waals surface area contributed by atoms with E-state index >= 15 is 0 Å². The van der Waals surface area contributed by atoms with E-state index in [9.17, 15) is 21.2 Å². The van der Waals surface area contributed by atoms with E-state index in [4.69, 9.17) is 5.26 Å². The topological polar surface area (TPSA) is 111 Å². The number of aromatic nitrogens is 1. The molecule has 1 fully saturated rings. The van der Waals surface area contributed by atoms with Crippen LogP contribution in [0.1, 0.15) is 5.56 Å². The highest BCUT2D eigenvalue weighted by molar-refractivity contribution is 7.91. The molecule has 8 nitrogen and oxygen atoms in total. The Balaban J connectivity index is 1.89. The first kappa shape index (κ1) is 22.1. The van der Waals surface area contributed by atoms with Crippen LogP contribution in [0, 0.1) is 17.1 Å². The molecule has 2 heterocycles. The molecule has 0 saturated carbocycles. The monoisotopic (exact) mass is 474 g/mol. The second kappa shape index (κ2) is 8.12. The van der Waals surface area contributed by atoms with Crippen LogP contribution < -0.4 is 4.90 Å². The summed E-state index contributed by atoms with van der Waals surface area (Å²) in [5, 5.41) is 9.60. The number of hydrogen-bond acceptors (Lipinski definition) is 7. The summed E-state index contributed by atoms with van der Waals surface area (Å²) in [5.41, 5.74) is 0.825. The van der Waals surface area contributed by atoms with Gasteiger partial charge in [0.1, 0.15) is 10.7 Å². The van der Waals surface area contributed by atoms with E-state index < -0.39 is 25.7 Å². The second-order valence-corrected chi connectivity index (χ2v) is 11.3. The van der Waals surface area contributed by atoms with Crippen LogP contribution in [0.4, 0.5) is 10.1 Å². The third-order valence-corrected chi connectivity index (χ3v) is 8.41. The summed E-state index contributed by atoms with van der Waals surface area (Å²) in [6.07, 6.45) is 2.32. The molecule has 32 heavy (non-hydrogen) atoms. The Labute approximate surface area is 185 Å². The summed E-state index contributed by atoms with van der Waals surface area (Å²) in [6, 6.07) is 11.5. The van der Waals surface area contributed by atoms with Crippen molar-refractivity contribution < 1.29 is 21.2 Å². The zero-order valence-electron chi connectivity index (χ0n) is 17.1. The average molecular weight is 475 g/mol. The molecule has 0 atom stereocenters. The first-order valence-corrected chi connectivity index (χ1v) is 13.0. The van der Waals surface area contributed by atoms with Crippen LogP contribution in [-0.2, 0) is 19.9 Å². The average Bonchev–Trinajstić information content (AvgIpc) is 2.77. The lowest BCUT2D eigenvalue weighted by Crippen LogP contribution is -2.48. The van der Waals surface area contributed by atoms with E-state index in [1.807, 2.05) is 6.07 Å². The van der Waals surface area contributed by atoms with Gasteiger partial charge in [-0.1, -0.05) is 6.07 Å². The van der Waals surface area contributed by atoms with Gasteiger partial charge in [0.2, 0.25) is 19.9 Å². The van der Waals surface area contributed by atoms with Gasteiger partial charge in [-0.15, -0.1) is 0 Å². The molecular formula is C21H19FN4O4S2. The molecule has 1 aliphatic heterocycles. The first-order valence-electron chi connectivity index (χ1n) is 9.65. The smallest absolute Gasteiger partial charge is 0.211 e. The predicted molar refractivity (Wildman–Crippen MR) is 117 cm³/mol. The standard InChI is InChI=1S/C21H19FN4O4S2/c1-31(27,28)26-9-7-25(8-10-26)21-18-6-5-16(22)12-19(18)24-14-20(21)32(29,30)17-4-2-3-15(11-17)13-23/h2-6,11-12,14H,7-10H2,1H3. The Bertz CT molecular complexity index is 1460. The third-order valence-electron chi connectivity index (χ3n) is 5.36. The minimum atomic E-state index is -4.08. The first-order chi connectivity index (χ1) is 15.1. The Morgan fingerprint density at radius 1 is 1.03 bits per heavy atom. The molecule has 0 spiro atoms. The zero-order chi connectivity index (χ0) is 23.1. The largest absolute Gasteiger partial charge is 0.367 e. The number of halogens is 1. The fourth-order valence-corrected chi connectivity index (χ4v) is 6.07. The zero-order valence-corrected chi connectivity index (χ0v) is 18.7. The number of fused-ring (bicyclic) bond motifs is 1. The maximum atomic E-state index is 13.8. The second-order valence-electron chi connectivity index (χ2n) is 7.42. The van der Waals surface area contributed by atoms with Gasteiger partial charge in [0.15, 0.2) is 0 Å². The lowest BCUT2D eigenvalue weighted by Gasteiger charge is -2.36. The van der Waals surface area contributed by atoms with Crippen molar-refractivity contribution in [3.05, 3.63) is 60.0 Å². The number of piperazine rings is 1. The van der Waals surface area contributed by atoms with E-state index in [-0.39, 0.29) is 47.1 Å². The van der Waals surface area contributed by atoms with Gasteiger partial charge in [0.05, 0.1) is 34.0 Å². The molecule has 0 aliphatic carbocycles. The van der Waals surface area contributed by atoms with E-state index in [0.717, 1.165) is 6.26 Å². The molecule has 0 unspecified atom stereocenters. The molecule has 2 aromatic carbocycles. The van der Waals surface area contributed by atoms with Crippen molar-refractivity contribution in [1.29, 1.82) is 5.26 Å². The minimum absolute atomic E-state index is 0.0594. The molecule has 0 bridgehead atoms. The number of sulfone groups is 1. The molecule has 0 amide bonds. The molecule has 11 heteroatoms. The number of rotatable bonds is 4. The van der Waals surface area contributed by atoms with Crippen molar-refractivity contribution >= 4 is 36.5 Å². The van der Waals surface area contributed by atoms with Crippen molar-refractivity contribution in [1.82, 2.24) is 9.29 Å². The maximum absolute atomic E-state index is 13.8. The summed E-state index contributed by atoms with van der Waals surface area (Å²) in [5.74, 6) is -0.504. The lowest BCUT2D eigenvalue weighted by atomic mass is 10.1. The molecule has 1 saturated heterocycles. The van der Waals surface area contributed by atoms with Gasteiger partial charge in [0, 0.05) is 43.8 Å². The van der Waals surface area contributed by atoms with Crippen LogP contribution in [0.2, 0.25) is 0 Å². The van der Waals surface area contributed by atoms with Crippen LogP contribution in [0.25, 0.3) is 10.9 Å². The van der Waals surface area contributed by atoms with E-state index in [1.54, 1.807) is 4.90 Å². The number of benzene rings is 2. The number of anilines is 1. The highest BCUT2D eigenvalue weighted by Crippen LogP contribution is 2.36. The molecule has 3 aromatic rings. The Kier molecular flexibility index (Phi) is 5.62. The lowest BCUT2D eigenvalue weighted by molar-refractivity contribution is 0.387. The van der Waals surface area contributed by atoms with Gasteiger partial charge < -0.3 is 4.90 Å². The molecule has 0 N–H and O–H groups in total. The van der Waals surface area contributed by atoms with E-state index in [2.05, 4.69) is 4.98 Å². The van der Waals surface area contributed by atoms with Crippen LogP contribution in [0.15, 0.2) is 58.5 Å². The van der Waals surface area contributed by atoms with Crippen LogP contribution in [-0.4, -0.2) is 58.6 Å². The molecule has 0 radical (unpaired) electrons. The van der Waals surface area contributed by atoms with Crippen molar-refractivity contribution in [3.63, 3.8) is 0 Å².